The zero-order valence-electron chi connectivity index (χ0n) is 27.2. The molecular weight excluding hydrogens is 574 g/mol. The van der Waals surface area contributed by atoms with Gasteiger partial charge in [-0.3, -0.25) is 14.4 Å². The molecule has 3 fully saturated rings. The van der Waals surface area contributed by atoms with Crippen LogP contribution in [-0.4, -0.2) is 82.2 Å². The van der Waals surface area contributed by atoms with Gasteiger partial charge in [0.2, 0.25) is 5.91 Å². The summed E-state index contributed by atoms with van der Waals surface area (Å²) in [7, 11) is 0. The molecule has 1 aromatic rings. The Balaban J connectivity index is 1.77. The van der Waals surface area contributed by atoms with Gasteiger partial charge in [0.15, 0.2) is 0 Å². The lowest BCUT2D eigenvalue weighted by Gasteiger charge is -2.40. The van der Waals surface area contributed by atoms with Gasteiger partial charge in [-0.2, -0.15) is 0 Å². The number of anilines is 2. The van der Waals surface area contributed by atoms with Crippen molar-refractivity contribution in [3.8, 4) is 0 Å². The van der Waals surface area contributed by atoms with Crippen molar-refractivity contribution in [2.45, 2.75) is 88.3 Å². The lowest BCUT2D eigenvalue weighted by Crippen LogP contribution is -2.57. The minimum absolute atomic E-state index is 0.192. The van der Waals surface area contributed by atoms with Crippen LogP contribution in [0.15, 0.2) is 49.6 Å². The Labute approximate surface area is 267 Å². The number of hydrogen-bond donors (Lipinski definition) is 1. The molecule has 6 atom stereocenters. The van der Waals surface area contributed by atoms with Gasteiger partial charge in [-0.1, -0.05) is 26.0 Å². The molecule has 3 aliphatic heterocycles. The summed E-state index contributed by atoms with van der Waals surface area (Å²) in [6.07, 6.45) is 6.81. The van der Waals surface area contributed by atoms with Crippen LogP contribution in [0.1, 0.15) is 66.7 Å². The van der Waals surface area contributed by atoms with Crippen LogP contribution in [0.2, 0.25) is 0 Å². The van der Waals surface area contributed by atoms with Gasteiger partial charge < -0.3 is 24.5 Å². The summed E-state index contributed by atoms with van der Waals surface area (Å²) in [6, 6.07) is 6.58. The van der Waals surface area contributed by atoms with Gasteiger partial charge in [-0.05, 0) is 83.1 Å². The van der Waals surface area contributed by atoms with Crippen LogP contribution >= 0.6 is 11.8 Å². The molecule has 3 aliphatic rings. The first-order chi connectivity index (χ1) is 21.0. The fourth-order valence-electron chi connectivity index (χ4n) is 7.74. The molecule has 0 saturated carbocycles. The summed E-state index contributed by atoms with van der Waals surface area (Å²) >= 11 is 1.62. The SMILES string of the molecule is C=CCCCOC(=O)[C@H]1[C@H]2C(=O)N([C@@H](CO)CC(C)C)C(C(=O)N(CC=C)c3ccc(N(CC)CC)cc3)C23CC[C@]1(C)S3. The number of unbranched alkanes of at least 4 members (excludes halogenated alkanes) is 1. The van der Waals surface area contributed by atoms with E-state index in [0.29, 0.717) is 25.7 Å². The van der Waals surface area contributed by atoms with E-state index in [1.807, 2.05) is 45.0 Å². The van der Waals surface area contributed by atoms with Crippen LogP contribution in [0.5, 0.6) is 0 Å². The number of hydrogen-bond acceptors (Lipinski definition) is 7. The molecule has 1 spiro atoms. The smallest absolute Gasteiger partial charge is 0.311 e. The zero-order valence-corrected chi connectivity index (χ0v) is 28.0. The molecule has 2 bridgehead atoms. The Morgan fingerprint density at radius 1 is 1.14 bits per heavy atom. The zero-order chi connectivity index (χ0) is 32.2. The summed E-state index contributed by atoms with van der Waals surface area (Å²) in [5.74, 6) is -1.94. The lowest BCUT2D eigenvalue weighted by atomic mass is 9.66. The Bertz CT molecular complexity index is 1220. The Kier molecular flexibility index (Phi) is 10.9. The number of likely N-dealkylation sites (tertiary alicyclic amines) is 1. The molecule has 0 aliphatic carbocycles. The van der Waals surface area contributed by atoms with Crippen molar-refractivity contribution in [3.05, 3.63) is 49.6 Å². The van der Waals surface area contributed by atoms with Crippen LogP contribution in [0, 0.1) is 17.8 Å². The second-order valence-electron chi connectivity index (χ2n) is 13.0. The third-order valence-corrected chi connectivity index (χ3v) is 11.7. The van der Waals surface area contributed by atoms with Crippen molar-refractivity contribution in [1.82, 2.24) is 4.90 Å². The highest BCUT2D eigenvalue weighted by molar-refractivity contribution is 8.02. The van der Waals surface area contributed by atoms with Crippen LogP contribution in [0.4, 0.5) is 11.4 Å². The number of fused-ring (bicyclic) bond motifs is 1. The fraction of sp³-hybridized carbons (Fsp3) is 0.629. The number of thioether (sulfide) groups is 1. The van der Waals surface area contributed by atoms with Gasteiger partial charge in [0.1, 0.15) is 6.04 Å². The van der Waals surface area contributed by atoms with E-state index < -0.39 is 33.4 Å². The minimum atomic E-state index is -0.830. The van der Waals surface area contributed by atoms with E-state index in [-0.39, 0.29) is 43.5 Å². The number of carbonyl (C=O) groups is 3. The van der Waals surface area contributed by atoms with Crippen LogP contribution in [0.25, 0.3) is 0 Å². The lowest BCUT2D eigenvalue weighted by molar-refractivity contribution is -0.156. The first kappa shape index (κ1) is 34.1. The Morgan fingerprint density at radius 3 is 2.36 bits per heavy atom. The van der Waals surface area contributed by atoms with Gasteiger partial charge in [-0.25, -0.2) is 0 Å². The maximum atomic E-state index is 14.9. The quantitative estimate of drug-likeness (QED) is 0.148. The van der Waals surface area contributed by atoms with Crippen molar-refractivity contribution in [2.75, 3.05) is 42.6 Å². The highest BCUT2D eigenvalue weighted by atomic mass is 32.2. The minimum Gasteiger partial charge on any atom is -0.465 e. The maximum absolute atomic E-state index is 14.9. The summed E-state index contributed by atoms with van der Waals surface area (Å²) in [5.41, 5.74) is 1.80. The molecule has 1 aromatic carbocycles. The largest absolute Gasteiger partial charge is 0.465 e. The molecular formula is C35H51N3O5S. The van der Waals surface area contributed by atoms with Crippen molar-refractivity contribution in [2.24, 2.45) is 17.8 Å². The van der Waals surface area contributed by atoms with Crippen molar-refractivity contribution in [1.29, 1.82) is 0 Å². The summed E-state index contributed by atoms with van der Waals surface area (Å²) < 4.78 is 4.45. The number of aliphatic hydroxyl groups excluding tert-OH is 1. The summed E-state index contributed by atoms with van der Waals surface area (Å²) in [5, 5.41) is 10.6. The Morgan fingerprint density at radius 2 is 1.80 bits per heavy atom. The molecule has 3 heterocycles. The van der Waals surface area contributed by atoms with Crippen molar-refractivity contribution >= 4 is 40.9 Å². The molecule has 3 saturated heterocycles. The third kappa shape index (κ3) is 6.06. The van der Waals surface area contributed by atoms with E-state index in [0.717, 1.165) is 30.9 Å². The number of aliphatic hydroxyl groups is 1. The molecule has 0 radical (unpaired) electrons. The van der Waals surface area contributed by atoms with Crippen LogP contribution < -0.4 is 9.80 Å². The predicted molar refractivity (Wildman–Crippen MR) is 179 cm³/mol. The van der Waals surface area contributed by atoms with E-state index in [1.165, 1.54) is 0 Å². The number of benzene rings is 1. The van der Waals surface area contributed by atoms with E-state index in [9.17, 15) is 19.5 Å². The first-order valence-corrected chi connectivity index (χ1v) is 17.0. The van der Waals surface area contributed by atoms with Crippen LogP contribution in [0.3, 0.4) is 0 Å². The first-order valence-electron chi connectivity index (χ1n) is 16.2. The van der Waals surface area contributed by atoms with Gasteiger partial charge in [0.25, 0.3) is 5.91 Å². The Hall–Kier alpha value is -2.78. The standard InChI is InChI=1S/C35H51N3O5S/c1-8-12-13-21-43-33(42)29-28-31(40)38(27(23-39)22-24(5)6)30(35(28)19-18-34(29,7)44-35)32(41)37(20-9-2)26-16-14-25(15-17-26)36(10-3)11-4/h8-9,14-17,24,27-30,39H,1-2,10-13,18-23H2,3-7H3/t27-,28+,29-,30?,34+,35?/m1/s1. The highest BCUT2D eigenvalue weighted by Gasteiger charge is 2.78. The molecule has 2 amide bonds. The number of amides is 2. The third-order valence-electron chi connectivity index (χ3n) is 9.71. The number of nitrogens with zero attached hydrogens (tertiary/aromatic N) is 3. The molecule has 9 heteroatoms. The molecule has 0 aromatic heterocycles. The second-order valence-corrected chi connectivity index (χ2v) is 14.9. The predicted octanol–water partition coefficient (Wildman–Crippen LogP) is 5.45. The van der Waals surface area contributed by atoms with E-state index in [1.54, 1.807) is 33.7 Å². The van der Waals surface area contributed by atoms with E-state index in [4.69, 9.17) is 4.74 Å². The normalized spacial score (nSPS) is 27.8. The number of esters is 1. The van der Waals surface area contributed by atoms with Gasteiger partial charge in [0, 0.05) is 35.8 Å². The van der Waals surface area contributed by atoms with Crippen LogP contribution in [-0.2, 0) is 19.1 Å². The molecule has 4 rings (SSSR count). The van der Waals surface area contributed by atoms with E-state index >= 15 is 0 Å². The number of allylic oxidation sites excluding steroid dienone is 1. The average Bonchev–Trinajstić information content (AvgIpc) is 3.58. The number of rotatable bonds is 16. The molecule has 2 unspecified atom stereocenters. The number of ether oxygens (including phenoxy) is 1. The second kappa shape index (κ2) is 14.1. The van der Waals surface area contributed by atoms with Crippen molar-refractivity contribution in [3.63, 3.8) is 0 Å². The maximum Gasteiger partial charge on any atom is 0.311 e. The molecule has 44 heavy (non-hydrogen) atoms. The highest BCUT2D eigenvalue weighted by Crippen LogP contribution is 2.72. The van der Waals surface area contributed by atoms with Gasteiger partial charge in [-0.15, -0.1) is 24.9 Å². The van der Waals surface area contributed by atoms with E-state index in [2.05, 4.69) is 31.9 Å². The topological polar surface area (TPSA) is 90.4 Å². The molecule has 1 N–H and O–H groups in total. The molecule has 242 valence electrons. The van der Waals surface area contributed by atoms with Crippen molar-refractivity contribution < 1.29 is 24.2 Å². The summed E-state index contributed by atoms with van der Waals surface area (Å²) in [6.45, 7) is 20.1. The monoisotopic (exact) mass is 625 g/mol. The van der Waals surface area contributed by atoms with Gasteiger partial charge in [0.05, 0.1) is 35.8 Å². The number of carbonyl (C=O) groups excluding carboxylic acids is 3. The molecule has 8 nitrogen and oxygen atoms in total. The summed E-state index contributed by atoms with van der Waals surface area (Å²) in [4.78, 5) is 48.8. The fourth-order valence-corrected chi connectivity index (χ4v) is 10.1. The van der Waals surface area contributed by atoms with Gasteiger partial charge >= 0.3 is 5.97 Å². The average molecular weight is 626 g/mol.